The van der Waals surface area contributed by atoms with Crippen LogP contribution in [0.15, 0.2) is 121 Å². The van der Waals surface area contributed by atoms with Crippen molar-refractivity contribution in [3.05, 3.63) is 199 Å². The van der Waals surface area contributed by atoms with Crippen LogP contribution in [0.4, 0.5) is 0 Å². The minimum Gasteiger partial charge on any atom is -0.496 e. The van der Waals surface area contributed by atoms with Gasteiger partial charge in [-0.05, 0) is 122 Å². The van der Waals surface area contributed by atoms with E-state index >= 15 is 0 Å². The zero-order valence-corrected chi connectivity index (χ0v) is 50.1. The van der Waals surface area contributed by atoms with Crippen molar-refractivity contribution < 1.29 is 46.2 Å². The molecular weight excluding hydrogens is 1040 g/mol. The van der Waals surface area contributed by atoms with Crippen LogP contribution < -0.4 is 27.6 Å². The van der Waals surface area contributed by atoms with Crippen LogP contribution in [0.25, 0.3) is 21.5 Å². The predicted molar refractivity (Wildman–Crippen MR) is 320 cm³/mol. The van der Waals surface area contributed by atoms with Crippen LogP contribution in [0, 0.1) is 0 Å². The fourth-order valence-electron chi connectivity index (χ4n) is 11.1. The summed E-state index contributed by atoms with van der Waals surface area (Å²) in [6, 6.07) is 40.9. The number of carbonyl (C=O) groups is 2. The average Bonchev–Trinajstić information content (AvgIpc) is 3.38. The second-order valence-electron chi connectivity index (χ2n) is 25.5. The second-order valence-corrected chi connectivity index (χ2v) is 27.5. The normalized spacial score (nSPS) is 16.4. The van der Waals surface area contributed by atoms with Crippen molar-refractivity contribution in [3.8, 4) is 34.5 Å². The number of benzene rings is 8. The van der Waals surface area contributed by atoms with Crippen molar-refractivity contribution in [3.63, 3.8) is 0 Å². The van der Waals surface area contributed by atoms with Gasteiger partial charge in [-0.15, -0.1) is 0 Å². The molecule has 0 spiro atoms. The van der Waals surface area contributed by atoms with E-state index in [0.29, 0.717) is 71.3 Å². The summed E-state index contributed by atoms with van der Waals surface area (Å²) in [7, 11) is -1.10. The minimum absolute atomic E-state index is 0.286. The topological polar surface area (TPSA) is 108 Å². The quantitative estimate of drug-likeness (QED) is 0.149. The molecule has 0 saturated heterocycles. The highest BCUT2D eigenvalue weighted by Gasteiger charge is 2.39. The van der Waals surface area contributed by atoms with Gasteiger partial charge < -0.3 is 36.6 Å². The van der Waals surface area contributed by atoms with Gasteiger partial charge in [0.05, 0.1) is 14.2 Å². The Bertz CT molecular complexity index is 3470. The van der Waals surface area contributed by atoms with Crippen LogP contribution in [-0.2, 0) is 56.4 Å². The number of rotatable bonds is 6. The highest BCUT2D eigenvalue weighted by Crippen LogP contribution is 2.54. The molecule has 8 aromatic carbocycles. The standard InChI is InChI=1S/C68H70O10P2/c1-65(2,3)49-31-41-27-45-35-51(67(7,8)9)37-47(61(45)75-79-73-55-25-23-39-19-15-17-21-53(39)57(55)63(69)77-79)29-43-33-50(66(4,5)6)34-44(60(43)72-14)30-48-38-52(68(10,11)12)36-46(28-42(32-49)59(41)71-13)62(48)76-80-74-56-26-24-40-20-16-18-22-54(40)58(56)64(70)78-80/h15-26,31-38H,27-30H2,1-14H3. The Morgan fingerprint density at radius 1 is 0.362 bits per heavy atom. The highest BCUT2D eigenvalue weighted by atomic mass is 31.2. The van der Waals surface area contributed by atoms with Crippen molar-refractivity contribution in [1.82, 2.24) is 0 Å². The van der Waals surface area contributed by atoms with Gasteiger partial charge in [-0.1, -0.05) is 192 Å². The van der Waals surface area contributed by atoms with Gasteiger partial charge in [0.15, 0.2) is 0 Å². The fraction of sp³-hybridized carbons (Fsp3) is 0.324. The lowest BCUT2D eigenvalue weighted by molar-refractivity contribution is 0.0687. The maximum absolute atomic E-state index is 14.2. The molecule has 0 aromatic heterocycles. The Labute approximate surface area is 473 Å². The molecule has 412 valence electrons. The van der Waals surface area contributed by atoms with E-state index in [1.807, 2.05) is 72.8 Å². The Morgan fingerprint density at radius 3 is 0.912 bits per heavy atom. The lowest BCUT2D eigenvalue weighted by atomic mass is 9.79. The summed E-state index contributed by atoms with van der Waals surface area (Å²) in [6.07, 6.45) is 1.54. The van der Waals surface area contributed by atoms with Gasteiger partial charge in [0.2, 0.25) is 0 Å². The number of fused-ring (bicyclic) bond motifs is 14. The molecule has 2 aliphatic heterocycles. The molecule has 8 bridgehead atoms. The first-order chi connectivity index (χ1) is 37.8. The highest BCUT2D eigenvalue weighted by molar-refractivity contribution is 7.43. The molecule has 80 heavy (non-hydrogen) atoms. The summed E-state index contributed by atoms with van der Waals surface area (Å²) in [5.41, 5.74) is 11.3. The third-order valence-electron chi connectivity index (χ3n) is 15.5. The van der Waals surface area contributed by atoms with Crippen LogP contribution in [-0.4, -0.2) is 26.2 Å². The molecule has 10 nitrogen and oxygen atoms in total. The first-order valence-electron chi connectivity index (χ1n) is 27.4. The molecule has 1 aliphatic carbocycles. The molecule has 2 unspecified atom stereocenters. The number of hydrogen-bond donors (Lipinski definition) is 0. The molecule has 2 heterocycles. The van der Waals surface area contributed by atoms with Gasteiger partial charge in [0.25, 0.3) is 0 Å². The molecule has 2 atom stereocenters. The van der Waals surface area contributed by atoms with Crippen LogP contribution in [0.2, 0.25) is 0 Å². The van der Waals surface area contributed by atoms with Gasteiger partial charge >= 0.3 is 29.1 Å². The molecule has 8 aromatic rings. The van der Waals surface area contributed by atoms with Crippen LogP contribution >= 0.6 is 17.2 Å². The lowest BCUT2D eigenvalue weighted by Gasteiger charge is -2.30. The van der Waals surface area contributed by atoms with Crippen molar-refractivity contribution in [2.24, 2.45) is 0 Å². The number of hydrogen-bond acceptors (Lipinski definition) is 10. The van der Waals surface area contributed by atoms with E-state index in [0.717, 1.165) is 88.3 Å². The number of ether oxygens (including phenoxy) is 2. The summed E-state index contributed by atoms with van der Waals surface area (Å²) >= 11 is 0. The summed E-state index contributed by atoms with van der Waals surface area (Å²) in [6.45, 7) is 26.6. The van der Waals surface area contributed by atoms with Gasteiger partial charge in [-0.3, -0.25) is 0 Å². The van der Waals surface area contributed by atoms with Crippen LogP contribution in [0.3, 0.4) is 0 Å². The number of methoxy groups -OCH3 is 2. The zero-order valence-electron chi connectivity index (χ0n) is 48.4. The third kappa shape index (κ3) is 10.6. The predicted octanol–water partition coefficient (Wildman–Crippen LogP) is 17.6. The maximum Gasteiger partial charge on any atom is 0.532 e. The van der Waals surface area contributed by atoms with E-state index in [2.05, 4.69) is 132 Å². The van der Waals surface area contributed by atoms with Crippen molar-refractivity contribution in [1.29, 1.82) is 0 Å². The Hall–Kier alpha value is -7.12. The van der Waals surface area contributed by atoms with Gasteiger partial charge in [0, 0.05) is 25.7 Å². The van der Waals surface area contributed by atoms with Gasteiger partial charge in [-0.25, -0.2) is 9.59 Å². The molecule has 12 heteroatoms. The van der Waals surface area contributed by atoms with E-state index in [1.165, 1.54) is 0 Å². The van der Waals surface area contributed by atoms with E-state index < -0.39 is 29.1 Å². The van der Waals surface area contributed by atoms with E-state index in [1.54, 1.807) is 14.2 Å². The number of carbonyl (C=O) groups excluding carboxylic acids is 2. The second kappa shape index (κ2) is 20.5. The van der Waals surface area contributed by atoms with Crippen molar-refractivity contribution >= 4 is 50.7 Å². The maximum atomic E-state index is 14.2. The fourth-order valence-corrected chi connectivity index (χ4v) is 13.2. The zero-order chi connectivity index (χ0) is 56.8. The largest absolute Gasteiger partial charge is 0.532 e. The monoisotopic (exact) mass is 1110 g/mol. The molecule has 0 fully saturated rings. The smallest absolute Gasteiger partial charge is 0.496 e. The molecule has 0 saturated carbocycles. The minimum atomic E-state index is -2.28. The van der Waals surface area contributed by atoms with Crippen LogP contribution in [0.5, 0.6) is 34.5 Å². The van der Waals surface area contributed by atoms with Crippen molar-refractivity contribution in [2.75, 3.05) is 14.2 Å². The summed E-state index contributed by atoms with van der Waals surface area (Å²) < 4.78 is 53.1. The van der Waals surface area contributed by atoms with E-state index in [9.17, 15) is 9.59 Å². The van der Waals surface area contributed by atoms with Crippen LogP contribution in [0.1, 0.15) is 171 Å². The molecule has 0 radical (unpaired) electrons. The Balaban J connectivity index is 1.15. The summed E-state index contributed by atoms with van der Waals surface area (Å²) in [4.78, 5) is 28.4. The van der Waals surface area contributed by atoms with E-state index in [4.69, 9.17) is 36.6 Å². The molecule has 0 N–H and O–H groups in total. The Kier molecular flexibility index (Phi) is 14.0. The summed E-state index contributed by atoms with van der Waals surface area (Å²) in [5, 5.41) is 3.33. The van der Waals surface area contributed by atoms with Gasteiger partial charge in [0.1, 0.15) is 45.6 Å². The first-order valence-corrected chi connectivity index (χ1v) is 29.6. The average molecular weight is 1110 g/mol. The third-order valence-corrected chi connectivity index (χ3v) is 17.5. The van der Waals surface area contributed by atoms with Gasteiger partial charge in [-0.2, -0.15) is 0 Å². The summed E-state index contributed by atoms with van der Waals surface area (Å²) in [5.74, 6) is 2.39. The molecule has 3 aliphatic rings. The molecule has 0 amide bonds. The molecule has 11 rings (SSSR count). The van der Waals surface area contributed by atoms with E-state index in [-0.39, 0.29) is 21.7 Å². The van der Waals surface area contributed by atoms with Crippen molar-refractivity contribution in [2.45, 2.75) is 130 Å². The SMILES string of the molecule is COc1c2cc(C(C)(C)C)cc1Cc1cc(C(C)(C)C)cc(c1OP1OC(=O)c3c(ccc4ccccc34)O1)Cc1cc(C(C)(C)C)cc(c1OC)Cc1cc(C(C)(C)C)cc(c1OP1OC(=O)c3c(ccc4ccccc34)O1)C2. The first kappa shape index (κ1) is 54.8. The lowest BCUT2D eigenvalue weighted by Crippen LogP contribution is -2.18. The molecular formula is C68H70O10P2. The Morgan fingerprint density at radius 2 is 0.637 bits per heavy atom.